The highest BCUT2D eigenvalue weighted by Gasteiger charge is 2.31. The quantitative estimate of drug-likeness (QED) is 0.808. The van der Waals surface area contributed by atoms with Gasteiger partial charge in [0.2, 0.25) is 5.76 Å². The third-order valence-corrected chi connectivity index (χ3v) is 2.63. The highest BCUT2D eigenvalue weighted by Crippen LogP contribution is 2.24. The van der Waals surface area contributed by atoms with Gasteiger partial charge in [-0.1, -0.05) is 19.0 Å². The smallest absolute Gasteiger partial charge is 0.288 e. The predicted octanol–water partition coefficient (Wildman–Crippen LogP) is 0.789. The van der Waals surface area contributed by atoms with Crippen molar-refractivity contribution < 1.29 is 14.1 Å². The van der Waals surface area contributed by atoms with Crippen LogP contribution in [-0.2, 0) is 0 Å². The number of amides is 2. The Morgan fingerprint density at radius 2 is 2.12 bits per heavy atom. The molecule has 2 amide bonds. The molecule has 1 aromatic heterocycles. The Morgan fingerprint density at radius 1 is 1.47 bits per heavy atom. The zero-order valence-electron chi connectivity index (χ0n) is 9.82. The van der Waals surface area contributed by atoms with E-state index in [1.165, 1.54) is 0 Å². The number of aromatic nitrogens is 1. The maximum absolute atomic E-state index is 12.0. The number of carbonyl (C=O) groups is 2. The molecule has 17 heavy (non-hydrogen) atoms. The lowest BCUT2D eigenvalue weighted by Crippen LogP contribution is -2.28. The average molecular weight is 237 g/mol. The van der Waals surface area contributed by atoms with Crippen molar-refractivity contribution in [2.45, 2.75) is 38.6 Å². The molecule has 3 N–H and O–H groups in total. The van der Waals surface area contributed by atoms with E-state index in [-0.39, 0.29) is 29.2 Å². The second-order valence-electron chi connectivity index (χ2n) is 4.54. The highest BCUT2D eigenvalue weighted by atomic mass is 16.5. The van der Waals surface area contributed by atoms with Gasteiger partial charge in [0.1, 0.15) is 5.56 Å². The Bertz CT molecular complexity index is 461. The molecule has 0 aromatic carbocycles. The van der Waals surface area contributed by atoms with Crippen LogP contribution in [0, 0.1) is 0 Å². The minimum absolute atomic E-state index is 0.00759. The van der Waals surface area contributed by atoms with Gasteiger partial charge in [0.05, 0.1) is 5.69 Å². The molecule has 2 rings (SSSR count). The fourth-order valence-corrected chi connectivity index (χ4v) is 1.57. The maximum Gasteiger partial charge on any atom is 0.288 e. The summed E-state index contributed by atoms with van der Waals surface area (Å²) in [4.78, 5) is 23.2. The molecule has 0 aliphatic heterocycles. The van der Waals surface area contributed by atoms with Crippen LogP contribution in [0.5, 0.6) is 0 Å². The van der Waals surface area contributed by atoms with Crippen LogP contribution in [0.3, 0.4) is 0 Å². The molecule has 1 aromatic rings. The summed E-state index contributed by atoms with van der Waals surface area (Å²) in [6.45, 7) is 3.74. The van der Waals surface area contributed by atoms with Gasteiger partial charge in [0, 0.05) is 6.04 Å². The van der Waals surface area contributed by atoms with Crippen LogP contribution >= 0.6 is 0 Å². The van der Waals surface area contributed by atoms with Crippen molar-refractivity contribution in [3.05, 3.63) is 17.0 Å². The number of rotatable bonds is 4. The lowest BCUT2D eigenvalue weighted by atomic mass is 10.0. The Kier molecular flexibility index (Phi) is 2.87. The number of primary amides is 1. The van der Waals surface area contributed by atoms with E-state index in [2.05, 4.69) is 10.5 Å². The van der Waals surface area contributed by atoms with Crippen LogP contribution in [0.4, 0.5) is 0 Å². The first kappa shape index (κ1) is 11.6. The molecule has 0 bridgehead atoms. The molecule has 1 heterocycles. The van der Waals surface area contributed by atoms with Crippen molar-refractivity contribution in [2.75, 3.05) is 0 Å². The summed E-state index contributed by atoms with van der Waals surface area (Å²) < 4.78 is 4.86. The monoisotopic (exact) mass is 237 g/mol. The van der Waals surface area contributed by atoms with Crippen LogP contribution in [0.25, 0.3) is 0 Å². The van der Waals surface area contributed by atoms with Crippen molar-refractivity contribution in [2.24, 2.45) is 5.73 Å². The van der Waals surface area contributed by atoms with Gasteiger partial charge in [-0.3, -0.25) is 9.59 Å². The first-order valence-corrected chi connectivity index (χ1v) is 5.61. The van der Waals surface area contributed by atoms with Gasteiger partial charge in [0.15, 0.2) is 0 Å². The van der Waals surface area contributed by atoms with Gasteiger partial charge in [-0.05, 0) is 18.8 Å². The van der Waals surface area contributed by atoms with E-state index in [0.717, 1.165) is 12.8 Å². The number of nitrogens with one attached hydrogen (secondary N) is 1. The fraction of sp³-hybridized carbons (Fsp3) is 0.545. The summed E-state index contributed by atoms with van der Waals surface area (Å²) in [5.41, 5.74) is 5.81. The molecule has 1 aliphatic carbocycles. The fourth-order valence-electron chi connectivity index (χ4n) is 1.57. The standard InChI is InChI=1S/C11H15N3O3/c1-5(2)8-7(9(10(12)15)17-14-8)11(16)13-6-3-4-6/h5-6H,3-4H2,1-2H3,(H2,12,15)(H,13,16). The zero-order valence-corrected chi connectivity index (χ0v) is 9.82. The van der Waals surface area contributed by atoms with Crippen molar-refractivity contribution in [3.8, 4) is 0 Å². The Balaban J connectivity index is 2.35. The van der Waals surface area contributed by atoms with E-state index in [0.29, 0.717) is 5.69 Å². The van der Waals surface area contributed by atoms with Gasteiger partial charge in [-0.2, -0.15) is 0 Å². The number of carbonyl (C=O) groups excluding carboxylic acids is 2. The normalized spacial score (nSPS) is 15.0. The number of hydrogen-bond acceptors (Lipinski definition) is 4. The second kappa shape index (κ2) is 4.20. The minimum Gasteiger partial charge on any atom is -0.363 e. The van der Waals surface area contributed by atoms with Crippen molar-refractivity contribution >= 4 is 11.8 Å². The topological polar surface area (TPSA) is 98.2 Å². The largest absolute Gasteiger partial charge is 0.363 e. The SMILES string of the molecule is CC(C)c1noc(C(N)=O)c1C(=O)NC1CC1. The van der Waals surface area contributed by atoms with Crippen LogP contribution in [-0.4, -0.2) is 23.0 Å². The van der Waals surface area contributed by atoms with E-state index in [9.17, 15) is 9.59 Å². The third kappa shape index (κ3) is 2.30. The Hall–Kier alpha value is -1.85. The van der Waals surface area contributed by atoms with Gasteiger partial charge in [-0.15, -0.1) is 0 Å². The summed E-state index contributed by atoms with van der Waals surface area (Å²) in [5, 5.41) is 6.55. The number of nitrogens with zero attached hydrogens (tertiary/aromatic N) is 1. The number of nitrogens with two attached hydrogens (primary N) is 1. The molecule has 92 valence electrons. The third-order valence-electron chi connectivity index (χ3n) is 2.63. The summed E-state index contributed by atoms with van der Waals surface area (Å²) in [7, 11) is 0. The lowest BCUT2D eigenvalue weighted by Gasteiger charge is -2.05. The van der Waals surface area contributed by atoms with Crippen LogP contribution in [0.15, 0.2) is 4.52 Å². The van der Waals surface area contributed by atoms with Crippen molar-refractivity contribution in [3.63, 3.8) is 0 Å². The Labute approximate surface area is 98.5 Å². The molecule has 0 radical (unpaired) electrons. The number of hydrogen-bond donors (Lipinski definition) is 2. The highest BCUT2D eigenvalue weighted by molar-refractivity contribution is 6.05. The summed E-state index contributed by atoms with van der Waals surface area (Å²) in [5.74, 6) is -1.27. The first-order valence-electron chi connectivity index (χ1n) is 5.61. The van der Waals surface area contributed by atoms with E-state index in [1.807, 2.05) is 13.8 Å². The molecule has 0 saturated heterocycles. The van der Waals surface area contributed by atoms with E-state index < -0.39 is 5.91 Å². The summed E-state index contributed by atoms with van der Waals surface area (Å²) >= 11 is 0. The van der Waals surface area contributed by atoms with E-state index >= 15 is 0 Å². The van der Waals surface area contributed by atoms with E-state index in [4.69, 9.17) is 10.3 Å². The molecule has 1 saturated carbocycles. The molecule has 0 spiro atoms. The molecular weight excluding hydrogens is 222 g/mol. The van der Waals surface area contributed by atoms with Crippen LogP contribution in [0.1, 0.15) is 59.2 Å². The maximum atomic E-state index is 12.0. The molecule has 0 unspecified atom stereocenters. The minimum atomic E-state index is -0.773. The molecule has 1 fully saturated rings. The summed E-state index contributed by atoms with van der Waals surface area (Å²) in [6.07, 6.45) is 1.94. The second-order valence-corrected chi connectivity index (χ2v) is 4.54. The van der Waals surface area contributed by atoms with Gasteiger partial charge >= 0.3 is 0 Å². The molecule has 6 heteroatoms. The van der Waals surface area contributed by atoms with Crippen molar-refractivity contribution in [1.82, 2.24) is 10.5 Å². The lowest BCUT2D eigenvalue weighted by molar-refractivity contribution is 0.0918. The van der Waals surface area contributed by atoms with Crippen molar-refractivity contribution in [1.29, 1.82) is 0 Å². The van der Waals surface area contributed by atoms with E-state index in [1.54, 1.807) is 0 Å². The first-order chi connectivity index (χ1) is 8.00. The van der Waals surface area contributed by atoms with Crippen LogP contribution < -0.4 is 11.1 Å². The zero-order chi connectivity index (χ0) is 12.6. The summed E-state index contributed by atoms with van der Waals surface area (Å²) in [6, 6.07) is 0.207. The van der Waals surface area contributed by atoms with Gasteiger partial charge in [-0.25, -0.2) is 0 Å². The van der Waals surface area contributed by atoms with Gasteiger partial charge < -0.3 is 15.6 Å². The molecular formula is C11H15N3O3. The predicted molar refractivity (Wildman–Crippen MR) is 59.6 cm³/mol. The average Bonchev–Trinajstić information content (AvgIpc) is 2.93. The molecule has 6 nitrogen and oxygen atoms in total. The molecule has 1 aliphatic rings. The van der Waals surface area contributed by atoms with Crippen LogP contribution in [0.2, 0.25) is 0 Å². The van der Waals surface area contributed by atoms with Gasteiger partial charge in [0.25, 0.3) is 11.8 Å². The molecule has 0 atom stereocenters. The Morgan fingerprint density at radius 3 is 2.59 bits per heavy atom.